The molecule has 0 aliphatic rings. The number of benzene rings is 1. The zero-order valence-corrected chi connectivity index (χ0v) is 11.6. The Balaban J connectivity index is 2.60. The minimum absolute atomic E-state index is 0.0642. The fourth-order valence-electron chi connectivity index (χ4n) is 1.69. The summed E-state index contributed by atoms with van der Waals surface area (Å²) in [6, 6.07) is 6.04. The number of aliphatic hydroxyl groups is 1. The zero-order valence-electron chi connectivity index (χ0n) is 11.6. The van der Waals surface area contributed by atoms with Crippen LogP contribution in [0.2, 0.25) is 0 Å². The quantitative estimate of drug-likeness (QED) is 0.854. The Bertz CT molecular complexity index is 418. The van der Waals surface area contributed by atoms with Crippen molar-refractivity contribution in [1.29, 1.82) is 0 Å². The summed E-state index contributed by atoms with van der Waals surface area (Å²) in [5, 5.41) is 11.6. The maximum absolute atomic E-state index is 12.9. The number of hydrogen-bond donors (Lipinski definition) is 2. The number of nitrogens with zero attached hydrogens (tertiary/aromatic N) is 1. The van der Waals surface area contributed by atoms with E-state index in [9.17, 15) is 9.18 Å². The smallest absolute Gasteiger partial charge is 0.317 e. The van der Waals surface area contributed by atoms with E-state index in [1.54, 1.807) is 19.2 Å². The average molecular weight is 268 g/mol. The van der Waals surface area contributed by atoms with Crippen molar-refractivity contribution in [2.45, 2.75) is 19.3 Å². The first kappa shape index (κ1) is 15.4. The molecule has 1 aromatic carbocycles. The summed E-state index contributed by atoms with van der Waals surface area (Å²) in [4.78, 5) is 13.1. The third kappa shape index (κ3) is 4.52. The number of nitrogens with one attached hydrogen (secondary N) is 1. The normalized spacial score (nSPS) is 11.2. The highest BCUT2D eigenvalue weighted by Crippen LogP contribution is 2.22. The van der Waals surface area contributed by atoms with Gasteiger partial charge in [0.25, 0.3) is 0 Å². The summed E-state index contributed by atoms with van der Waals surface area (Å²) in [5.74, 6) is -0.272. The minimum atomic E-state index is -0.288. The van der Waals surface area contributed by atoms with Crippen molar-refractivity contribution in [3.05, 3.63) is 35.6 Å². The van der Waals surface area contributed by atoms with Gasteiger partial charge in [0.1, 0.15) is 5.82 Å². The summed E-state index contributed by atoms with van der Waals surface area (Å²) < 4.78 is 12.9. The van der Waals surface area contributed by atoms with Gasteiger partial charge in [0, 0.05) is 25.6 Å². The lowest BCUT2D eigenvalue weighted by Crippen LogP contribution is -2.44. The number of hydrogen-bond acceptors (Lipinski definition) is 2. The van der Waals surface area contributed by atoms with Gasteiger partial charge in [-0.25, -0.2) is 9.18 Å². The fourth-order valence-corrected chi connectivity index (χ4v) is 1.69. The number of rotatable bonds is 5. The predicted molar refractivity (Wildman–Crippen MR) is 72.5 cm³/mol. The van der Waals surface area contributed by atoms with E-state index in [-0.39, 0.29) is 23.9 Å². The molecule has 2 amide bonds. The SMILES string of the molecule is CN(CCO)C(=O)NCC(C)(C)c1ccc(F)cc1. The van der Waals surface area contributed by atoms with E-state index in [1.165, 1.54) is 17.0 Å². The maximum Gasteiger partial charge on any atom is 0.317 e. The van der Waals surface area contributed by atoms with Gasteiger partial charge in [0.15, 0.2) is 0 Å². The van der Waals surface area contributed by atoms with E-state index in [0.717, 1.165) is 5.56 Å². The molecule has 1 rings (SSSR count). The van der Waals surface area contributed by atoms with E-state index >= 15 is 0 Å². The van der Waals surface area contributed by atoms with Crippen LogP contribution in [0.4, 0.5) is 9.18 Å². The number of amides is 2. The molecule has 0 fully saturated rings. The molecular formula is C14H21FN2O2. The minimum Gasteiger partial charge on any atom is -0.395 e. The fraction of sp³-hybridized carbons (Fsp3) is 0.500. The number of aliphatic hydroxyl groups excluding tert-OH is 1. The van der Waals surface area contributed by atoms with Gasteiger partial charge in [0.05, 0.1) is 6.61 Å². The second kappa shape index (κ2) is 6.52. The Morgan fingerprint density at radius 2 is 1.95 bits per heavy atom. The molecule has 0 saturated heterocycles. The van der Waals surface area contributed by atoms with E-state index in [1.807, 2.05) is 13.8 Å². The largest absolute Gasteiger partial charge is 0.395 e. The van der Waals surface area contributed by atoms with Crippen LogP contribution in [0.25, 0.3) is 0 Å². The van der Waals surface area contributed by atoms with Gasteiger partial charge in [-0.3, -0.25) is 0 Å². The summed E-state index contributed by atoms with van der Waals surface area (Å²) in [5.41, 5.74) is 0.669. The molecule has 0 heterocycles. The topological polar surface area (TPSA) is 52.6 Å². The Labute approximate surface area is 113 Å². The molecule has 1 aromatic rings. The molecule has 0 unspecified atom stereocenters. The third-order valence-electron chi connectivity index (χ3n) is 3.09. The molecule has 2 N–H and O–H groups in total. The number of halogens is 1. The van der Waals surface area contributed by atoms with Crippen LogP contribution in [0.3, 0.4) is 0 Å². The van der Waals surface area contributed by atoms with Crippen molar-refractivity contribution in [3.8, 4) is 0 Å². The molecule has 4 nitrogen and oxygen atoms in total. The van der Waals surface area contributed by atoms with E-state index in [0.29, 0.717) is 13.1 Å². The highest BCUT2D eigenvalue weighted by atomic mass is 19.1. The van der Waals surface area contributed by atoms with Crippen molar-refractivity contribution in [3.63, 3.8) is 0 Å². The molecule has 0 saturated carbocycles. The molecule has 0 spiro atoms. The van der Waals surface area contributed by atoms with Crippen LogP contribution in [-0.2, 0) is 5.41 Å². The zero-order chi connectivity index (χ0) is 14.5. The summed E-state index contributed by atoms with van der Waals surface area (Å²) in [6.07, 6.45) is 0. The van der Waals surface area contributed by atoms with E-state index < -0.39 is 0 Å². The highest BCUT2D eigenvalue weighted by molar-refractivity contribution is 5.73. The van der Waals surface area contributed by atoms with Crippen molar-refractivity contribution < 1.29 is 14.3 Å². The van der Waals surface area contributed by atoms with Crippen molar-refractivity contribution in [1.82, 2.24) is 10.2 Å². The van der Waals surface area contributed by atoms with Gasteiger partial charge < -0.3 is 15.3 Å². The first-order valence-corrected chi connectivity index (χ1v) is 6.22. The van der Waals surface area contributed by atoms with E-state index in [2.05, 4.69) is 5.32 Å². The van der Waals surface area contributed by atoms with Gasteiger partial charge in [-0.15, -0.1) is 0 Å². The number of urea groups is 1. The Kier molecular flexibility index (Phi) is 5.30. The van der Waals surface area contributed by atoms with Gasteiger partial charge in [-0.1, -0.05) is 26.0 Å². The standard InChI is InChI=1S/C14H21FN2O2/c1-14(2,11-4-6-12(15)7-5-11)10-16-13(19)17(3)8-9-18/h4-7,18H,8-10H2,1-3H3,(H,16,19). The predicted octanol–water partition coefficient (Wildman–Crippen LogP) is 1.74. The molecule has 106 valence electrons. The van der Waals surface area contributed by atoms with Crippen LogP contribution in [0, 0.1) is 5.82 Å². The lowest BCUT2D eigenvalue weighted by molar-refractivity contribution is 0.188. The summed E-state index contributed by atoms with van der Waals surface area (Å²) in [7, 11) is 1.62. The molecule has 0 aromatic heterocycles. The van der Waals surface area contributed by atoms with Crippen LogP contribution in [0.15, 0.2) is 24.3 Å². The second-order valence-corrected chi connectivity index (χ2v) is 5.19. The molecule has 0 bridgehead atoms. The van der Waals surface area contributed by atoms with Crippen molar-refractivity contribution in [2.24, 2.45) is 0 Å². The van der Waals surface area contributed by atoms with Crippen LogP contribution >= 0.6 is 0 Å². The first-order valence-electron chi connectivity index (χ1n) is 6.22. The monoisotopic (exact) mass is 268 g/mol. The number of carbonyl (C=O) groups is 1. The Morgan fingerprint density at radius 1 is 1.37 bits per heavy atom. The van der Waals surface area contributed by atoms with Gasteiger partial charge in [-0.05, 0) is 17.7 Å². The lowest BCUT2D eigenvalue weighted by Gasteiger charge is -2.27. The first-order chi connectivity index (χ1) is 8.86. The molecule has 0 radical (unpaired) electrons. The van der Waals surface area contributed by atoms with Crippen LogP contribution in [0.1, 0.15) is 19.4 Å². The molecule has 19 heavy (non-hydrogen) atoms. The highest BCUT2D eigenvalue weighted by Gasteiger charge is 2.22. The van der Waals surface area contributed by atoms with Crippen LogP contribution in [0.5, 0.6) is 0 Å². The molecule has 0 atom stereocenters. The van der Waals surface area contributed by atoms with E-state index in [4.69, 9.17) is 5.11 Å². The van der Waals surface area contributed by atoms with Crippen LogP contribution < -0.4 is 5.32 Å². The maximum atomic E-state index is 12.9. The lowest BCUT2D eigenvalue weighted by atomic mass is 9.84. The molecule has 5 heteroatoms. The van der Waals surface area contributed by atoms with Gasteiger partial charge >= 0.3 is 6.03 Å². The molecule has 0 aliphatic heterocycles. The van der Waals surface area contributed by atoms with Crippen LogP contribution in [-0.4, -0.2) is 42.8 Å². The summed E-state index contributed by atoms with van der Waals surface area (Å²) >= 11 is 0. The summed E-state index contributed by atoms with van der Waals surface area (Å²) in [6.45, 7) is 4.63. The van der Waals surface area contributed by atoms with Crippen molar-refractivity contribution in [2.75, 3.05) is 26.7 Å². The number of carbonyl (C=O) groups excluding carboxylic acids is 1. The van der Waals surface area contributed by atoms with Gasteiger partial charge in [-0.2, -0.15) is 0 Å². The molecular weight excluding hydrogens is 247 g/mol. The van der Waals surface area contributed by atoms with Crippen molar-refractivity contribution >= 4 is 6.03 Å². The number of likely N-dealkylation sites (N-methyl/N-ethyl adjacent to an activating group) is 1. The molecule has 0 aliphatic carbocycles. The van der Waals surface area contributed by atoms with Gasteiger partial charge in [0.2, 0.25) is 0 Å². The third-order valence-corrected chi connectivity index (χ3v) is 3.09. The second-order valence-electron chi connectivity index (χ2n) is 5.19. The Hall–Kier alpha value is -1.62. The Morgan fingerprint density at radius 3 is 2.47 bits per heavy atom. The average Bonchev–Trinajstić information content (AvgIpc) is 2.37.